The van der Waals surface area contributed by atoms with Gasteiger partial charge in [-0.15, -0.1) is 0 Å². The van der Waals surface area contributed by atoms with Crippen LogP contribution in [0.15, 0.2) is 18.2 Å². The molecule has 18 heavy (non-hydrogen) atoms. The lowest BCUT2D eigenvalue weighted by Gasteiger charge is -2.13. The van der Waals surface area contributed by atoms with Crippen LogP contribution in [0.1, 0.15) is 12.0 Å². The lowest BCUT2D eigenvalue weighted by Crippen LogP contribution is -2.19. The van der Waals surface area contributed by atoms with Crippen molar-refractivity contribution in [2.75, 3.05) is 32.0 Å². The van der Waals surface area contributed by atoms with E-state index in [-0.39, 0.29) is 10.6 Å². The zero-order chi connectivity index (χ0) is 13.1. The summed E-state index contributed by atoms with van der Waals surface area (Å²) < 4.78 is 0. The van der Waals surface area contributed by atoms with E-state index in [4.69, 9.17) is 0 Å². The van der Waals surface area contributed by atoms with Crippen molar-refractivity contribution in [3.05, 3.63) is 33.9 Å². The van der Waals surface area contributed by atoms with Crippen LogP contribution in [0.25, 0.3) is 0 Å². The van der Waals surface area contributed by atoms with Gasteiger partial charge in [0.2, 0.25) is 0 Å². The number of nitro groups is 1. The SMILES string of the molecule is Cc1cc(NCC2CCN(C)C2)ccc1[N+](=O)[O-]. The van der Waals surface area contributed by atoms with Crippen LogP contribution in [-0.4, -0.2) is 36.5 Å². The first-order chi connectivity index (χ1) is 8.56. The molecule has 1 aromatic carbocycles. The number of likely N-dealkylation sites (tertiary alicyclic amines) is 1. The maximum Gasteiger partial charge on any atom is 0.272 e. The number of hydrogen-bond acceptors (Lipinski definition) is 4. The number of nitro benzene ring substituents is 1. The van der Waals surface area contributed by atoms with E-state index in [2.05, 4.69) is 17.3 Å². The molecule has 0 amide bonds. The predicted octanol–water partition coefficient (Wildman–Crippen LogP) is 2.27. The minimum atomic E-state index is -0.342. The standard InChI is InChI=1S/C13H19N3O2/c1-10-7-12(3-4-13(10)16(17)18)14-8-11-5-6-15(2)9-11/h3-4,7,11,14H,5-6,8-9H2,1-2H3. The Morgan fingerprint density at radius 3 is 2.89 bits per heavy atom. The second-order valence-electron chi connectivity index (χ2n) is 5.06. The summed E-state index contributed by atoms with van der Waals surface area (Å²) in [6.45, 7) is 4.98. The van der Waals surface area contributed by atoms with Crippen molar-refractivity contribution in [2.45, 2.75) is 13.3 Å². The van der Waals surface area contributed by atoms with Gasteiger partial charge in [0.15, 0.2) is 0 Å². The molecule has 1 heterocycles. The number of hydrogen-bond donors (Lipinski definition) is 1. The first kappa shape index (κ1) is 12.8. The second kappa shape index (κ2) is 5.35. The topological polar surface area (TPSA) is 58.4 Å². The van der Waals surface area contributed by atoms with Gasteiger partial charge in [0.1, 0.15) is 0 Å². The Morgan fingerprint density at radius 2 is 2.33 bits per heavy atom. The van der Waals surface area contributed by atoms with Crippen molar-refractivity contribution in [2.24, 2.45) is 5.92 Å². The average Bonchev–Trinajstić information content (AvgIpc) is 2.72. The fourth-order valence-electron chi connectivity index (χ4n) is 2.43. The van der Waals surface area contributed by atoms with Crippen LogP contribution in [0.3, 0.4) is 0 Å². The van der Waals surface area contributed by atoms with Crippen LogP contribution < -0.4 is 5.32 Å². The molecule has 0 bridgehead atoms. The lowest BCUT2D eigenvalue weighted by atomic mass is 10.1. The van der Waals surface area contributed by atoms with E-state index in [1.54, 1.807) is 19.1 Å². The summed E-state index contributed by atoms with van der Waals surface area (Å²) >= 11 is 0. The molecule has 1 fully saturated rings. The van der Waals surface area contributed by atoms with Gasteiger partial charge in [-0.1, -0.05) is 0 Å². The molecule has 0 spiro atoms. The molecule has 0 aliphatic carbocycles. The van der Waals surface area contributed by atoms with E-state index in [0.29, 0.717) is 11.5 Å². The van der Waals surface area contributed by atoms with Gasteiger partial charge in [0.25, 0.3) is 5.69 Å². The number of benzene rings is 1. The Balaban J connectivity index is 1.94. The molecular formula is C13H19N3O2. The molecule has 5 nitrogen and oxygen atoms in total. The molecule has 2 rings (SSSR count). The Hall–Kier alpha value is -1.62. The lowest BCUT2D eigenvalue weighted by molar-refractivity contribution is -0.385. The van der Waals surface area contributed by atoms with Gasteiger partial charge in [-0.3, -0.25) is 10.1 Å². The Kier molecular flexibility index (Phi) is 3.81. The van der Waals surface area contributed by atoms with Gasteiger partial charge in [-0.05, 0) is 45.0 Å². The van der Waals surface area contributed by atoms with Crippen LogP contribution in [0.5, 0.6) is 0 Å². The van der Waals surface area contributed by atoms with E-state index in [0.717, 1.165) is 25.3 Å². The van der Waals surface area contributed by atoms with Crippen molar-refractivity contribution in [3.63, 3.8) is 0 Å². The average molecular weight is 249 g/mol. The van der Waals surface area contributed by atoms with Crippen molar-refractivity contribution < 1.29 is 4.92 Å². The molecule has 98 valence electrons. The molecule has 1 unspecified atom stereocenters. The molecule has 1 aliphatic rings. The fourth-order valence-corrected chi connectivity index (χ4v) is 2.43. The smallest absolute Gasteiger partial charge is 0.272 e. The van der Waals surface area contributed by atoms with Gasteiger partial charge < -0.3 is 10.2 Å². The highest BCUT2D eigenvalue weighted by Crippen LogP contribution is 2.22. The summed E-state index contributed by atoms with van der Waals surface area (Å²) in [5.74, 6) is 0.672. The van der Waals surface area contributed by atoms with Gasteiger partial charge in [0.05, 0.1) is 4.92 Å². The number of nitrogens with zero attached hydrogens (tertiary/aromatic N) is 2. The quantitative estimate of drug-likeness (QED) is 0.657. The Morgan fingerprint density at radius 1 is 1.56 bits per heavy atom. The largest absolute Gasteiger partial charge is 0.385 e. The van der Waals surface area contributed by atoms with Gasteiger partial charge in [-0.2, -0.15) is 0 Å². The number of rotatable bonds is 4. The highest BCUT2D eigenvalue weighted by atomic mass is 16.6. The Bertz CT molecular complexity index is 448. The first-order valence-electron chi connectivity index (χ1n) is 6.23. The minimum absolute atomic E-state index is 0.182. The Labute approximate surface area is 107 Å². The van der Waals surface area contributed by atoms with Gasteiger partial charge >= 0.3 is 0 Å². The predicted molar refractivity (Wildman–Crippen MR) is 71.9 cm³/mol. The highest BCUT2D eigenvalue weighted by Gasteiger charge is 2.19. The zero-order valence-electron chi connectivity index (χ0n) is 10.8. The monoisotopic (exact) mass is 249 g/mol. The van der Waals surface area contributed by atoms with E-state index >= 15 is 0 Å². The third-order valence-electron chi connectivity index (χ3n) is 3.48. The molecule has 1 aliphatic heterocycles. The summed E-state index contributed by atoms with van der Waals surface area (Å²) in [7, 11) is 2.13. The molecule has 0 aromatic heterocycles. The molecule has 1 saturated heterocycles. The maximum atomic E-state index is 10.7. The normalized spacial score (nSPS) is 20.0. The van der Waals surface area contributed by atoms with Crippen molar-refractivity contribution in [3.8, 4) is 0 Å². The fraction of sp³-hybridized carbons (Fsp3) is 0.538. The van der Waals surface area contributed by atoms with Crippen LogP contribution in [0.2, 0.25) is 0 Å². The van der Waals surface area contributed by atoms with Gasteiger partial charge in [-0.25, -0.2) is 0 Å². The second-order valence-corrected chi connectivity index (χ2v) is 5.06. The highest BCUT2D eigenvalue weighted by molar-refractivity contribution is 5.53. The molecule has 0 saturated carbocycles. The molecule has 1 atom stereocenters. The summed E-state index contributed by atoms with van der Waals surface area (Å²) in [5.41, 5.74) is 1.85. The summed E-state index contributed by atoms with van der Waals surface area (Å²) in [5, 5.41) is 14.1. The van der Waals surface area contributed by atoms with Crippen LogP contribution in [0.4, 0.5) is 11.4 Å². The van der Waals surface area contributed by atoms with Crippen molar-refractivity contribution in [1.29, 1.82) is 0 Å². The minimum Gasteiger partial charge on any atom is -0.385 e. The zero-order valence-corrected chi connectivity index (χ0v) is 10.8. The van der Waals surface area contributed by atoms with E-state index < -0.39 is 0 Å². The van der Waals surface area contributed by atoms with Gasteiger partial charge in [0, 0.05) is 30.4 Å². The van der Waals surface area contributed by atoms with E-state index in [9.17, 15) is 10.1 Å². The molecule has 0 radical (unpaired) electrons. The molecule has 1 aromatic rings. The molecule has 1 N–H and O–H groups in total. The van der Waals surface area contributed by atoms with E-state index in [1.165, 1.54) is 6.42 Å². The summed E-state index contributed by atoms with van der Waals surface area (Å²) in [6, 6.07) is 5.19. The maximum absolute atomic E-state index is 10.7. The number of anilines is 1. The number of aryl methyl sites for hydroxylation is 1. The number of nitrogens with one attached hydrogen (secondary N) is 1. The summed E-state index contributed by atoms with van der Waals surface area (Å²) in [4.78, 5) is 12.7. The third kappa shape index (κ3) is 2.98. The third-order valence-corrected chi connectivity index (χ3v) is 3.48. The van der Waals surface area contributed by atoms with Crippen LogP contribution in [0, 0.1) is 23.0 Å². The summed E-state index contributed by atoms with van der Waals surface area (Å²) in [6.07, 6.45) is 1.22. The van der Waals surface area contributed by atoms with Crippen molar-refractivity contribution in [1.82, 2.24) is 4.90 Å². The van der Waals surface area contributed by atoms with E-state index in [1.807, 2.05) is 6.07 Å². The molecule has 5 heteroatoms. The molecular weight excluding hydrogens is 230 g/mol. The van der Waals surface area contributed by atoms with Crippen molar-refractivity contribution >= 4 is 11.4 Å². The first-order valence-corrected chi connectivity index (χ1v) is 6.23. The van der Waals surface area contributed by atoms with Crippen LogP contribution >= 0.6 is 0 Å². The van der Waals surface area contributed by atoms with Crippen LogP contribution in [-0.2, 0) is 0 Å².